The Labute approximate surface area is 159 Å². The van der Waals surface area contributed by atoms with E-state index in [9.17, 15) is 18.0 Å². The van der Waals surface area contributed by atoms with Crippen LogP contribution in [0.25, 0.3) is 11.0 Å². The maximum atomic E-state index is 12.9. The highest BCUT2D eigenvalue weighted by Gasteiger charge is 2.31. The molecule has 1 aliphatic heterocycles. The first-order chi connectivity index (χ1) is 13.3. The van der Waals surface area contributed by atoms with Crippen molar-refractivity contribution in [2.75, 3.05) is 29.9 Å². The molecule has 1 aliphatic rings. The summed E-state index contributed by atoms with van der Waals surface area (Å²) in [7, 11) is 1.87. The van der Waals surface area contributed by atoms with Gasteiger partial charge in [0.25, 0.3) is 0 Å². The first-order valence-corrected chi connectivity index (χ1v) is 8.77. The standard InChI is InChI=1S/C20H17F3N4O/c1-26-9-10-27(19-18(26)24-15-7-2-3-8-16(15)25-19)17(28)12-13-5-4-6-14(11-13)20(21,22)23/h2-8,11H,9-10,12H2,1H3. The summed E-state index contributed by atoms with van der Waals surface area (Å²) in [5.74, 6) is 0.713. The van der Waals surface area contributed by atoms with E-state index in [1.165, 1.54) is 17.0 Å². The van der Waals surface area contributed by atoms with E-state index in [4.69, 9.17) is 0 Å². The van der Waals surface area contributed by atoms with Crippen molar-refractivity contribution < 1.29 is 18.0 Å². The van der Waals surface area contributed by atoms with Crippen molar-refractivity contribution in [2.45, 2.75) is 12.6 Å². The van der Waals surface area contributed by atoms with Gasteiger partial charge in [0.05, 0.1) is 23.0 Å². The van der Waals surface area contributed by atoms with E-state index < -0.39 is 11.7 Å². The van der Waals surface area contributed by atoms with Crippen LogP contribution in [0.3, 0.4) is 0 Å². The van der Waals surface area contributed by atoms with Crippen LogP contribution in [0.15, 0.2) is 48.5 Å². The average molecular weight is 386 g/mol. The Morgan fingerprint density at radius 2 is 1.68 bits per heavy atom. The second-order valence-electron chi connectivity index (χ2n) is 6.70. The maximum Gasteiger partial charge on any atom is 0.416 e. The van der Waals surface area contributed by atoms with E-state index in [1.54, 1.807) is 0 Å². The molecular weight excluding hydrogens is 369 g/mol. The number of amides is 1. The highest BCUT2D eigenvalue weighted by atomic mass is 19.4. The fraction of sp³-hybridized carbons (Fsp3) is 0.250. The molecule has 0 saturated carbocycles. The lowest BCUT2D eigenvalue weighted by molar-refractivity contribution is -0.137. The number of anilines is 2. The van der Waals surface area contributed by atoms with E-state index >= 15 is 0 Å². The third-order valence-electron chi connectivity index (χ3n) is 4.72. The molecule has 8 heteroatoms. The van der Waals surface area contributed by atoms with E-state index in [2.05, 4.69) is 9.97 Å². The number of fused-ring (bicyclic) bond motifs is 2. The summed E-state index contributed by atoms with van der Waals surface area (Å²) in [6.45, 7) is 0.961. The van der Waals surface area contributed by atoms with Gasteiger partial charge < -0.3 is 4.90 Å². The molecule has 1 aromatic heterocycles. The third-order valence-corrected chi connectivity index (χ3v) is 4.72. The van der Waals surface area contributed by atoms with Gasteiger partial charge in [-0.25, -0.2) is 9.97 Å². The molecule has 0 bridgehead atoms. The molecule has 1 amide bonds. The molecule has 0 saturated heterocycles. The summed E-state index contributed by atoms with van der Waals surface area (Å²) in [6, 6.07) is 12.2. The summed E-state index contributed by atoms with van der Waals surface area (Å²) >= 11 is 0. The molecule has 144 valence electrons. The summed E-state index contributed by atoms with van der Waals surface area (Å²) in [5.41, 5.74) is 0.935. The smallest absolute Gasteiger partial charge is 0.355 e. The molecule has 3 aromatic rings. The van der Waals surface area contributed by atoms with Gasteiger partial charge in [0, 0.05) is 20.1 Å². The van der Waals surface area contributed by atoms with Gasteiger partial charge in [0.1, 0.15) is 0 Å². The number of halogens is 3. The molecule has 0 fully saturated rings. The van der Waals surface area contributed by atoms with Crippen LogP contribution in [0.1, 0.15) is 11.1 Å². The predicted octanol–water partition coefficient (Wildman–Crippen LogP) is 3.67. The second kappa shape index (κ2) is 6.78. The number of carbonyl (C=O) groups is 1. The largest absolute Gasteiger partial charge is 0.416 e. The van der Waals surface area contributed by atoms with Crippen molar-refractivity contribution >= 4 is 28.6 Å². The molecule has 0 atom stereocenters. The first kappa shape index (κ1) is 18.2. The molecule has 2 heterocycles. The number of benzene rings is 2. The van der Waals surface area contributed by atoms with E-state index in [0.29, 0.717) is 35.8 Å². The Balaban J connectivity index is 1.66. The van der Waals surface area contributed by atoms with Gasteiger partial charge in [-0.05, 0) is 23.8 Å². The molecule has 0 unspecified atom stereocenters. The Kier molecular flexibility index (Phi) is 4.41. The average Bonchev–Trinajstić information content (AvgIpc) is 2.66. The number of hydrogen-bond acceptors (Lipinski definition) is 4. The number of alkyl halides is 3. The lowest BCUT2D eigenvalue weighted by Gasteiger charge is -2.33. The van der Waals surface area contributed by atoms with Crippen molar-refractivity contribution in [3.8, 4) is 0 Å². The summed E-state index contributed by atoms with van der Waals surface area (Å²) in [6.07, 6.45) is -4.58. The zero-order valence-electron chi connectivity index (χ0n) is 15.1. The molecule has 0 aliphatic carbocycles. The van der Waals surface area contributed by atoms with Crippen LogP contribution in [0.2, 0.25) is 0 Å². The van der Waals surface area contributed by atoms with E-state index in [1.807, 2.05) is 36.2 Å². The van der Waals surface area contributed by atoms with E-state index in [-0.39, 0.29) is 12.3 Å². The minimum atomic E-state index is -4.44. The Morgan fingerprint density at radius 1 is 1.00 bits per heavy atom. The van der Waals surface area contributed by atoms with Gasteiger partial charge >= 0.3 is 6.18 Å². The predicted molar refractivity (Wildman–Crippen MR) is 100 cm³/mol. The van der Waals surface area contributed by atoms with Crippen molar-refractivity contribution in [1.29, 1.82) is 0 Å². The first-order valence-electron chi connectivity index (χ1n) is 8.77. The van der Waals surface area contributed by atoms with Crippen LogP contribution in [0, 0.1) is 0 Å². The molecule has 28 heavy (non-hydrogen) atoms. The molecule has 2 aromatic carbocycles. The summed E-state index contributed by atoms with van der Waals surface area (Å²) < 4.78 is 38.8. The molecule has 0 N–H and O–H groups in total. The molecule has 4 rings (SSSR count). The van der Waals surface area contributed by atoms with Crippen LogP contribution in [-0.2, 0) is 17.4 Å². The fourth-order valence-corrected chi connectivity index (χ4v) is 3.25. The topological polar surface area (TPSA) is 49.3 Å². The number of nitrogens with zero attached hydrogens (tertiary/aromatic N) is 4. The second-order valence-corrected chi connectivity index (χ2v) is 6.70. The number of para-hydroxylation sites is 2. The Hall–Kier alpha value is -3.16. The van der Waals surface area contributed by atoms with Crippen LogP contribution in [0.4, 0.5) is 24.8 Å². The van der Waals surface area contributed by atoms with Gasteiger partial charge in [-0.1, -0.05) is 30.3 Å². The zero-order chi connectivity index (χ0) is 19.9. The minimum absolute atomic E-state index is 0.137. The maximum absolute atomic E-state index is 12.9. The van der Waals surface area contributed by atoms with Gasteiger partial charge in [-0.3, -0.25) is 9.69 Å². The van der Waals surface area contributed by atoms with Crippen molar-refractivity contribution in [2.24, 2.45) is 0 Å². The summed E-state index contributed by atoms with van der Waals surface area (Å²) in [4.78, 5) is 25.5. The number of rotatable bonds is 2. The van der Waals surface area contributed by atoms with Gasteiger partial charge in [-0.2, -0.15) is 13.2 Å². The minimum Gasteiger partial charge on any atom is -0.355 e. The lowest BCUT2D eigenvalue weighted by Crippen LogP contribution is -2.44. The fourth-order valence-electron chi connectivity index (χ4n) is 3.25. The highest BCUT2D eigenvalue weighted by molar-refractivity contribution is 5.98. The Bertz CT molecular complexity index is 1050. The van der Waals surface area contributed by atoms with E-state index in [0.717, 1.165) is 17.6 Å². The quantitative estimate of drug-likeness (QED) is 0.674. The SMILES string of the molecule is CN1CCN(C(=O)Cc2cccc(C(F)(F)F)c2)c2nc3ccccc3nc21. The van der Waals surface area contributed by atoms with Crippen molar-refractivity contribution in [3.63, 3.8) is 0 Å². The molecule has 0 spiro atoms. The van der Waals surface area contributed by atoms with Crippen LogP contribution in [-0.4, -0.2) is 36.0 Å². The summed E-state index contributed by atoms with van der Waals surface area (Å²) in [5, 5.41) is 0. The van der Waals surface area contributed by atoms with Crippen molar-refractivity contribution in [1.82, 2.24) is 9.97 Å². The normalized spacial score (nSPS) is 14.3. The molecule has 0 radical (unpaired) electrons. The van der Waals surface area contributed by atoms with Gasteiger partial charge in [0.15, 0.2) is 11.6 Å². The lowest BCUT2D eigenvalue weighted by atomic mass is 10.1. The number of hydrogen-bond donors (Lipinski definition) is 0. The Morgan fingerprint density at radius 3 is 2.36 bits per heavy atom. The van der Waals surface area contributed by atoms with Crippen LogP contribution < -0.4 is 9.80 Å². The van der Waals surface area contributed by atoms with Gasteiger partial charge in [-0.15, -0.1) is 0 Å². The number of carbonyl (C=O) groups excluding carboxylic acids is 1. The molecule has 5 nitrogen and oxygen atoms in total. The third kappa shape index (κ3) is 3.37. The van der Waals surface area contributed by atoms with Crippen LogP contribution in [0.5, 0.6) is 0 Å². The van der Waals surface area contributed by atoms with Crippen LogP contribution >= 0.6 is 0 Å². The zero-order valence-corrected chi connectivity index (χ0v) is 15.1. The van der Waals surface area contributed by atoms with Crippen molar-refractivity contribution in [3.05, 3.63) is 59.7 Å². The molecular formula is C20H17F3N4O. The number of likely N-dealkylation sites (N-methyl/N-ethyl adjacent to an activating group) is 1. The highest BCUT2D eigenvalue weighted by Crippen LogP contribution is 2.32. The van der Waals surface area contributed by atoms with Gasteiger partial charge in [0.2, 0.25) is 5.91 Å². The monoisotopic (exact) mass is 386 g/mol. The number of aromatic nitrogens is 2.